The predicted molar refractivity (Wildman–Crippen MR) is 93.4 cm³/mol. The van der Waals surface area contributed by atoms with Crippen LogP contribution in [0.15, 0.2) is 18.2 Å². The lowest BCUT2D eigenvalue weighted by Gasteiger charge is -2.26. The zero-order valence-electron chi connectivity index (χ0n) is 14.0. The van der Waals surface area contributed by atoms with Gasteiger partial charge in [0.2, 0.25) is 5.91 Å². The maximum Gasteiger partial charge on any atom is 0.265 e. The summed E-state index contributed by atoms with van der Waals surface area (Å²) < 4.78 is 10.6. The molecule has 0 radical (unpaired) electrons. The van der Waals surface area contributed by atoms with Gasteiger partial charge in [0.15, 0.2) is 6.10 Å². The van der Waals surface area contributed by atoms with E-state index in [-0.39, 0.29) is 36.9 Å². The molecule has 7 nitrogen and oxygen atoms in total. The summed E-state index contributed by atoms with van der Waals surface area (Å²) in [5.74, 6) is 0.189. The molecule has 1 aliphatic heterocycles. The topological polar surface area (TPSA) is 103 Å². The second-order valence-electron chi connectivity index (χ2n) is 5.55. The van der Waals surface area contributed by atoms with E-state index in [1.165, 1.54) is 7.11 Å². The number of hydrogen-bond donors (Lipinski definition) is 3. The maximum absolute atomic E-state index is 11.9. The maximum atomic E-state index is 11.9. The first-order chi connectivity index (χ1) is 11.0. The quantitative estimate of drug-likeness (QED) is 0.713. The average molecular weight is 358 g/mol. The Morgan fingerprint density at radius 1 is 1.50 bits per heavy atom. The molecule has 2 amide bonds. The van der Waals surface area contributed by atoms with Crippen molar-refractivity contribution in [2.45, 2.75) is 38.5 Å². The lowest BCUT2D eigenvalue weighted by Crippen LogP contribution is -2.44. The molecular weight excluding hydrogens is 334 g/mol. The Hall–Kier alpha value is -1.83. The fourth-order valence-electron chi connectivity index (χ4n) is 2.36. The number of nitrogens with two attached hydrogens (primary N) is 1. The highest BCUT2D eigenvalue weighted by molar-refractivity contribution is 5.97. The van der Waals surface area contributed by atoms with Gasteiger partial charge in [0, 0.05) is 7.11 Å². The van der Waals surface area contributed by atoms with Crippen molar-refractivity contribution in [2.24, 2.45) is 5.73 Å². The number of halogens is 1. The van der Waals surface area contributed by atoms with Crippen molar-refractivity contribution < 1.29 is 19.1 Å². The molecule has 1 aliphatic rings. The zero-order chi connectivity index (χ0) is 17.0. The van der Waals surface area contributed by atoms with E-state index in [1.807, 2.05) is 26.0 Å². The van der Waals surface area contributed by atoms with E-state index in [1.54, 1.807) is 6.07 Å². The van der Waals surface area contributed by atoms with Gasteiger partial charge in [-0.1, -0.05) is 13.0 Å². The van der Waals surface area contributed by atoms with Crippen molar-refractivity contribution in [3.05, 3.63) is 23.8 Å². The number of fused-ring (bicyclic) bond motifs is 1. The number of nitrogens with one attached hydrogen (secondary N) is 2. The normalized spacial score (nSPS) is 18.3. The first kappa shape index (κ1) is 20.2. The number of amides is 2. The Kier molecular flexibility index (Phi) is 7.47. The molecule has 3 atom stereocenters. The summed E-state index contributed by atoms with van der Waals surface area (Å²) in [6.07, 6.45) is 0.103. The Morgan fingerprint density at radius 2 is 2.21 bits per heavy atom. The molecule has 1 aromatic carbocycles. The van der Waals surface area contributed by atoms with E-state index in [2.05, 4.69) is 10.6 Å². The van der Waals surface area contributed by atoms with Crippen LogP contribution in [0.3, 0.4) is 0 Å². The molecule has 0 fully saturated rings. The van der Waals surface area contributed by atoms with Gasteiger partial charge in [-0.3, -0.25) is 9.59 Å². The largest absolute Gasteiger partial charge is 0.478 e. The van der Waals surface area contributed by atoms with Crippen LogP contribution in [0.5, 0.6) is 5.75 Å². The Labute approximate surface area is 147 Å². The third kappa shape index (κ3) is 4.59. The van der Waals surface area contributed by atoms with Gasteiger partial charge in [0.25, 0.3) is 5.91 Å². The number of carbonyl (C=O) groups excluding carboxylic acids is 2. The highest BCUT2D eigenvalue weighted by Crippen LogP contribution is 2.32. The molecule has 0 spiro atoms. The monoisotopic (exact) mass is 357 g/mol. The summed E-state index contributed by atoms with van der Waals surface area (Å²) in [5.41, 5.74) is 7.21. The molecule has 3 unspecified atom stereocenters. The SMILES string of the molecule is CCC1Oc2cc(C(C)NC(=O)C(N)COC)ccc2NC1=O.Cl. The molecule has 0 bridgehead atoms. The van der Waals surface area contributed by atoms with E-state index in [0.29, 0.717) is 17.9 Å². The summed E-state index contributed by atoms with van der Waals surface area (Å²) in [5, 5.41) is 5.65. The van der Waals surface area contributed by atoms with Crippen LogP contribution in [0.4, 0.5) is 5.69 Å². The molecule has 0 aromatic heterocycles. The minimum Gasteiger partial charge on any atom is -0.478 e. The molecule has 1 heterocycles. The summed E-state index contributed by atoms with van der Waals surface area (Å²) in [4.78, 5) is 23.7. The molecule has 0 saturated heterocycles. The van der Waals surface area contributed by atoms with Gasteiger partial charge in [-0.05, 0) is 31.0 Å². The van der Waals surface area contributed by atoms with Gasteiger partial charge >= 0.3 is 0 Å². The van der Waals surface area contributed by atoms with Crippen molar-refractivity contribution in [3.63, 3.8) is 0 Å². The van der Waals surface area contributed by atoms with Crippen molar-refractivity contribution in [3.8, 4) is 5.75 Å². The van der Waals surface area contributed by atoms with Crippen LogP contribution < -0.4 is 21.1 Å². The number of benzene rings is 1. The second-order valence-corrected chi connectivity index (χ2v) is 5.55. The Morgan fingerprint density at radius 3 is 2.83 bits per heavy atom. The van der Waals surface area contributed by atoms with E-state index < -0.39 is 12.1 Å². The third-order valence-electron chi connectivity index (χ3n) is 3.74. The minimum atomic E-state index is -0.708. The van der Waals surface area contributed by atoms with Crippen molar-refractivity contribution >= 4 is 29.9 Å². The van der Waals surface area contributed by atoms with Crippen molar-refractivity contribution in [2.75, 3.05) is 19.0 Å². The molecule has 134 valence electrons. The van der Waals surface area contributed by atoms with Crippen LogP contribution in [0, 0.1) is 0 Å². The van der Waals surface area contributed by atoms with E-state index in [0.717, 1.165) is 5.56 Å². The van der Waals surface area contributed by atoms with E-state index in [4.69, 9.17) is 15.2 Å². The predicted octanol–water partition coefficient (Wildman–Crippen LogP) is 1.37. The van der Waals surface area contributed by atoms with Crippen LogP contribution in [0.1, 0.15) is 31.9 Å². The Bertz CT molecular complexity index is 597. The van der Waals surface area contributed by atoms with Crippen molar-refractivity contribution in [1.82, 2.24) is 5.32 Å². The fourth-order valence-corrected chi connectivity index (χ4v) is 2.36. The summed E-state index contributed by atoms with van der Waals surface area (Å²) in [6, 6.07) is 4.48. The summed E-state index contributed by atoms with van der Waals surface area (Å²) in [7, 11) is 1.50. The van der Waals surface area contributed by atoms with Crippen LogP contribution in [-0.4, -0.2) is 37.7 Å². The van der Waals surface area contributed by atoms with Gasteiger partial charge < -0.3 is 25.8 Å². The number of hydrogen-bond acceptors (Lipinski definition) is 5. The zero-order valence-corrected chi connectivity index (χ0v) is 14.8. The highest BCUT2D eigenvalue weighted by Gasteiger charge is 2.26. The van der Waals surface area contributed by atoms with Crippen LogP contribution in [0.2, 0.25) is 0 Å². The van der Waals surface area contributed by atoms with Gasteiger partial charge in [0.05, 0.1) is 18.3 Å². The first-order valence-electron chi connectivity index (χ1n) is 7.62. The summed E-state index contributed by atoms with van der Waals surface area (Å²) >= 11 is 0. The number of anilines is 1. The molecule has 0 aliphatic carbocycles. The minimum absolute atomic E-state index is 0. The van der Waals surface area contributed by atoms with Crippen LogP contribution in [0.25, 0.3) is 0 Å². The number of ether oxygens (including phenoxy) is 2. The molecule has 8 heteroatoms. The highest BCUT2D eigenvalue weighted by atomic mass is 35.5. The molecule has 24 heavy (non-hydrogen) atoms. The van der Waals surface area contributed by atoms with Crippen molar-refractivity contribution in [1.29, 1.82) is 0 Å². The molecule has 4 N–H and O–H groups in total. The van der Waals surface area contributed by atoms with Gasteiger partial charge in [0.1, 0.15) is 11.8 Å². The number of methoxy groups -OCH3 is 1. The van der Waals surface area contributed by atoms with Gasteiger partial charge in [-0.15, -0.1) is 12.4 Å². The standard InChI is InChI=1S/C16H23N3O4.ClH/c1-4-13-16(21)19-12-6-5-10(7-14(12)23-13)9(2)18-15(20)11(17)8-22-3;/h5-7,9,11,13H,4,8,17H2,1-3H3,(H,18,20)(H,19,21);1H. The molecular formula is C16H24ClN3O4. The fraction of sp³-hybridized carbons (Fsp3) is 0.500. The van der Waals surface area contributed by atoms with Gasteiger partial charge in [-0.2, -0.15) is 0 Å². The first-order valence-corrected chi connectivity index (χ1v) is 7.62. The molecule has 0 saturated carbocycles. The Balaban J connectivity index is 0.00000288. The second kappa shape index (κ2) is 8.86. The van der Waals surface area contributed by atoms with E-state index >= 15 is 0 Å². The lowest BCUT2D eigenvalue weighted by atomic mass is 10.1. The van der Waals surface area contributed by atoms with Gasteiger partial charge in [-0.25, -0.2) is 0 Å². The number of rotatable bonds is 6. The van der Waals surface area contributed by atoms with Crippen LogP contribution >= 0.6 is 12.4 Å². The number of carbonyl (C=O) groups is 2. The smallest absolute Gasteiger partial charge is 0.265 e. The lowest BCUT2D eigenvalue weighted by molar-refractivity contribution is -0.124. The molecule has 2 rings (SSSR count). The third-order valence-corrected chi connectivity index (χ3v) is 3.74. The summed E-state index contributed by atoms with van der Waals surface area (Å²) in [6.45, 7) is 3.91. The van der Waals surface area contributed by atoms with E-state index in [9.17, 15) is 9.59 Å². The average Bonchev–Trinajstić information content (AvgIpc) is 2.53. The van der Waals surface area contributed by atoms with Crippen LogP contribution in [-0.2, 0) is 14.3 Å². The molecule has 1 aromatic rings.